The Balaban J connectivity index is 1.51. The van der Waals surface area contributed by atoms with Crippen LogP contribution in [0.5, 0.6) is 11.5 Å². The molecular formula is C29H31N3O7. The lowest BCUT2D eigenvalue weighted by Gasteiger charge is -2.41. The van der Waals surface area contributed by atoms with E-state index >= 15 is 0 Å². The average molecular weight is 534 g/mol. The minimum absolute atomic E-state index is 0.0862. The van der Waals surface area contributed by atoms with E-state index in [0.717, 1.165) is 11.3 Å². The maximum absolute atomic E-state index is 13.6. The van der Waals surface area contributed by atoms with Crippen molar-refractivity contribution in [3.63, 3.8) is 0 Å². The summed E-state index contributed by atoms with van der Waals surface area (Å²) in [5.41, 5.74) is 7.82. The molecule has 0 radical (unpaired) electrons. The second-order valence-corrected chi connectivity index (χ2v) is 10.2. The maximum atomic E-state index is 13.6. The largest absolute Gasteiger partial charge is 0.511 e. The molecule has 3 aliphatic rings. The molecule has 3 unspecified atom stereocenters. The van der Waals surface area contributed by atoms with Gasteiger partial charge < -0.3 is 36.4 Å². The number of aliphatic hydroxyl groups is 2. The van der Waals surface area contributed by atoms with Crippen LogP contribution in [0.1, 0.15) is 35.1 Å². The number of nitrogens with two attached hydrogens (primary N) is 1. The van der Waals surface area contributed by atoms with Crippen LogP contribution in [-0.2, 0) is 33.9 Å². The van der Waals surface area contributed by atoms with E-state index in [1.54, 1.807) is 14.2 Å². The van der Waals surface area contributed by atoms with Gasteiger partial charge in [0.25, 0.3) is 5.91 Å². The van der Waals surface area contributed by atoms with E-state index in [2.05, 4.69) is 10.6 Å². The molecule has 0 saturated heterocycles. The fourth-order valence-corrected chi connectivity index (χ4v) is 6.30. The molecule has 204 valence electrons. The van der Waals surface area contributed by atoms with Crippen LogP contribution in [0.4, 0.5) is 5.69 Å². The zero-order chi connectivity index (χ0) is 28.0. The van der Waals surface area contributed by atoms with Gasteiger partial charge in [0.2, 0.25) is 0 Å². The van der Waals surface area contributed by atoms with E-state index in [1.165, 1.54) is 0 Å². The van der Waals surface area contributed by atoms with Crippen LogP contribution in [0.25, 0.3) is 5.76 Å². The Morgan fingerprint density at radius 2 is 1.82 bits per heavy atom. The fourth-order valence-electron chi connectivity index (χ4n) is 6.30. The number of phenols is 1. The number of allylic oxidation sites excluding steroid dienone is 2. The van der Waals surface area contributed by atoms with Crippen molar-refractivity contribution < 1.29 is 34.4 Å². The van der Waals surface area contributed by atoms with Crippen LogP contribution in [0.2, 0.25) is 0 Å². The predicted octanol–water partition coefficient (Wildman–Crippen LogP) is 2.65. The SMILES string of the molecule is CNc1cc(CNCc2ccccc2OC)c(O)c2c1CC1CC3CC(=O)C(C(N)=O)=C(O)C3C(=O)C1=C2O. The summed E-state index contributed by atoms with van der Waals surface area (Å²) in [6, 6.07) is 9.39. The molecule has 7 N–H and O–H groups in total. The molecule has 0 aliphatic heterocycles. The molecule has 5 rings (SSSR count). The number of benzene rings is 2. The lowest BCUT2D eigenvalue weighted by molar-refractivity contribution is -0.127. The number of ketones is 2. The van der Waals surface area contributed by atoms with E-state index < -0.39 is 46.6 Å². The van der Waals surface area contributed by atoms with Gasteiger partial charge in [0.15, 0.2) is 11.6 Å². The van der Waals surface area contributed by atoms with Crippen LogP contribution in [0.3, 0.4) is 0 Å². The zero-order valence-corrected chi connectivity index (χ0v) is 21.7. The first-order chi connectivity index (χ1) is 18.7. The molecule has 0 aromatic heterocycles. The summed E-state index contributed by atoms with van der Waals surface area (Å²) in [6.45, 7) is 0.739. The maximum Gasteiger partial charge on any atom is 0.255 e. The second kappa shape index (κ2) is 10.1. The predicted molar refractivity (Wildman–Crippen MR) is 143 cm³/mol. The number of Topliss-reactive ketones (excluding diaryl/α,β-unsaturated/α-hetero) is 2. The summed E-state index contributed by atoms with van der Waals surface area (Å²) in [4.78, 5) is 37.9. The number of fused-ring (bicyclic) bond motifs is 3. The minimum atomic E-state index is -1.14. The molecule has 3 atom stereocenters. The second-order valence-electron chi connectivity index (χ2n) is 10.2. The highest BCUT2D eigenvalue weighted by molar-refractivity contribution is 6.21. The number of rotatable bonds is 7. The van der Waals surface area contributed by atoms with Gasteiger partial charge in [0, 0.05) is 48.9 Å². The van der Waals surface area contributed by atoms with Crippen molar-refractivity contribution in [3.05, 3.63) is 69.5 Å². The quantitative estimate of drug-likeness (QED) is 0.231. The van der Waals surface area contributed by atoms with Gasteiger partial charge in [-0.2, -0.15) is 0 Å². The Hall–Kier alpha value is -4.31. The van der Waals surface area contributed by atoms with E-state index in [-0.39, 0.29) is 35.6 Å². The number of ether oxygens (including phenoxy) is 1. The van der Waals surface area contributed by atoms with Crippen molar-refractivity contribution in [1.82, 2.24) is 5.32 Å². The lowest BCUT2D eigenvalue weighted by atomic mass is 9.61. The Bertz CT molecular complexity index is 1460. The van der Waals surface area contributed by atoms with Gasteiger partial charge in [0.05, 0.1) is 18.6 Å². The standard InChI is InChI=1S/C29H31N3O7/c1-31-18-9-16(12-32-11-13-5-3-4-6-20(13)39-2)25(34)23-17(18)8-14-7-15-10-19(33)24(29(30)38)28(37)22(15)26(35)21(14)27(23)36/h3-6,9,14-15,22,31-32,34,36-37H,7-8,10-12H2,1-2H3,(H2,30,38). The molecule has 0 spiro atoms. The Labute approximate surface area is 225 Å². The van der Waals surface area contributed by atoms with E-state index in [9.17, 15) is 29.7 Å². The van der Waals surface area contributed by atoms with Crippen molar-refractivity contribution >= 4 is 28.9 Å². The van der Waals surface area contributed by atoms with Crippen molar-refractivity contribution in [2.75, 3.05) is 19.5 Å². The Morgan fingerprint density at radius 1 is 1.10 bits per heavy atom. The van der Waals surface area contributed by atoms with Gasteiger partial charge in [-0.25, -0.2) is 0 Å². The smallest absolute Gasteiger partial charge is 0.255 e. The third-order valence-electron chi connectivity index (χ3n) is 8.06. The van der Waals surface area contributed by atoms with Crippen LogP contribution in [0.15, 0.2) is 47.2 Å². The summed E-state index contributed by atoms with van der Waals surface area (Å²) in [6.07, 6.45) is 0.615. The molecule has 2 aromatic carbocycles. The molecule has 10 heteroatoms. The number of phenolic OH excluding ortho intramolecular Hbond substituents is 1. The number of para-hydroxylation sites is 1. The van der Waals surface area contributed by atoms with Gasteiger partial charge >= 0.3 is 0 Å². The third kappa shape index (κ3) is 4.30. The van der Waals surface area contributed by atoms with E-state index in [0.29, 0.717) is 36.2 Å². The first kappa shape index (κ1) is 26.3. The third-order valence-corrected chi connectivity index (χ3v) is 8.06. The van der Waals surface area contributed by atoms with E-state index in [4.69, 9.17) is 10.5 Å². The van der Waals surface area contributed by atoms with Crippen molar-refractivity contribution in [3.8, 4) is 11.5 Å². The van der Waals surface area contributed by atoms with Gasteiger partial charge in [-0.3, -0.25) is 14.4 Å². The van der Waals surface area contributed by atoms with Crippen LogP contribution in [0, 0.1) is 17.8 Å². The number of amides is 1. The number of hydrogen-bond donors (Lipinski definition) is 6. The number of nitrogens with one attached hydrogen (secondary N) is 2. The highest BCUT2D eigenvalue weighted by Gasteiger charge is 2.51. The zero-order valence-electron chi connectivity index (χ0n) is 21.7. The number of primary amides is 1. The average Bonchev–Trinajstić information content (AvgIpc) is 2.89. The number of methoxy groups -OCH3 is 1. The number of hydrogen-bond acceptors (Lipinski definition) is 9. The van der Waals surface area contributed by atoms with Crippen molar-refractivity contribution in [2.45, 2.75) is 32.4 Å². The van der Waals surface area contributed by atoms with Gasteiger partial charge in [-0.05, 0) is 42.4 Å². The van der Waals surface area contributed by atoms with E-state index in [1.807, 2.05) is 30.3 Å². The number of carbonyl (C=O) groups is 3. The normalized spacial score (nSPS) is 22.3. The molecule has 1 saturated carbocycles. The summed E-state index contributed by atoms with van der Waals surface area (Å²) in [5.74, 6) is -4.69. The number of aromatic hydroxyl groups is 1. The summed E-state index contributed by atoms with van der Waals surface area (Å²) < 4.78 is 5.39. The van der Waals surface area contributed by atoms with Crippen molar-refractivity contribution in [2.24, 2.45) is 23.5 Å². The highest BCUT2D eigenvalue weighted by atomic mass is 16.5. The van der Waals surface area contributed by atoms with Crippen LogP contribution in [-0.4, -0.2) is 47.0 Å². The molecule has 0 bridgehead atoms. The lowest BCUT2D eigenvalue weighted by Crippen LogP contribution is -2.44. The minimum Gasteiger partial charge on any atom is -0.511 e. The molecular weight excluding hydrogens is 502 g/mol. The number of aliphatic hydroxyl groups excluding tert-OH is 2. The Kier molecular flexibility index (Phi) is 6.82. The monoisotopic (exact) mass is 533 g/mol. The number of carbonyl (C=O) groups excluding carboxylic acids is 3. The molecule has 1 fully saturated rings. The fraction of sp³-hybridized carbons (Fsp3) is 0.345. The molecule has 3 aliphatic carbocycles. The number of anilines is 1. The van der Waals surface area contributed by atoms with Crippen LogP contribution < -0.4 is 21.1 Å². The topological polar surface area (TPSA) is 171 Å². The van der Waals surface area contributed by atoms with Crippen molar-refractivity contribution in [1.29, 1.82) is 0 Å². The summed E-state index contributed by atoms with van der Waals surface area (Å²) in [5, 5.41) is 39.8. The van der Waals surface area contributed by atoms with Gasteiger partial charge in [0.1, 0.15) is 28.6 Å². The van der Waals surface area contributed by atoms with Gasteiger partial charge in [-0.15, -0.1) is 0 Å². The first-order valence-corrected chi connectivity index (χ1v) is 12.8. The first-order valence-electron chi connectivity index (χ1n) is 12.8. The molecule has 0 heterocycles. The molecule has 2 aromatic rings. The van der Waals surface area contributed by atoms with Crippen LogP contribution >= 0.6 is 0 Å². The summed E-state index contributed by atoms with van der Waals surface area (Å²) in [7, 11) is 3.34. The molecule has 1 amide bonds. The Morgan fingerprint density at radius 3 is 2.51 bits per heavy atom. The van der Waals surface area contributed by atoms with Gasteiger partial charge in [-0.1, -0.05) is 18.2 Å². The molecule has 10 nitrogen and oxygen atoms in total. The molecule has 39 heavy (non-hydrogen) atoms. The highest BCUT2D eigenvalue weighted by Crippen LogP contribution is 2.51. The summed E-state index contributed by atoms with van der Waals surface area (Å²) >= 11 is 0.